The van der Waals surface area contributed by atoms with Crippen LogP contribution in [0.4, 0.5) is 0 Å². The molecule has 0 radical (unpaired) electrons. The molecule has 164 valence electrons. The Labute approximate surface area is 183 Å². The van der Waals surface area contributed by atoms with E-state index in [1.165, 1.54) is 0 Å². The lowest BCUT2D eigenvalue weighted by Crippen LogP contribution is -2.39. The Morgan fingerprint density at radius 2 is 2.06 bits per heavy atom. The molecule has 0 aliphatic carbocycles. The molecule has 31 heavy (non-hydrogen) atoms. The van der Waals surface area contributed by atoms with Gasteiger partial charge in [0.1, 0.15) is 17.9 Å². The van der Waals surface area contributed by atoms with Gasteiger partial charge in [-0.25, -0.2) is 15.0 Å². The smallest absolute Gasteiger partial charge is 0.191 e. The van der Waals surface area contributed by atoms with Crippen LogP contribution < -0.4 is 15.4 Å². The summed E-state index contributed by atoms with van der Waals surface area (Å²) in [6.45, 7) is 7.48. The van der Waals surface area contributed by atoms with Crippen LogP contribution in [-0.2, 0) is 6.54 Å². The second-order valence-corrected chi connectivity index (χ2v) is 7.32. The predicted molar refractivity (Wildman–Crippen MR) is 121 cm³/mol. The number of aromatic nitrogens is 3. The SMILES string of the molecule is CCNC(=NCc1ccnc(-n2ccnc2)c1)NCC(O)c1cccc(OC(C)C)c1. The molecule has 0 saturated heterocycles. The van der Waals surface area contributed by atoms with E-state index in [1.54, 1.807) is 18.7 Å². The molecule has 1 unspecified atom stereocenters. The summed E-state index contributed by atoms with van der Waals surface area (Å²) in [4.78, 5) is 13.1. The largest absolute Gasteiger partial charge is 0.491 e. The molecule has 8 heteroatoms. The molecule has 0 aliphatic rings. The highest BCUT2D eigenvalue weighted by molar-refractivity contribution is 5.79. The van der Waals surface area contributed by atoms with E-state index < -0.39 is 6.10 Å². The van der Waals surface area contributed by atoms with Gasteiger partial charge in [0, 0.05) is 31.7 Å². The van der Waals surface area contributed by atoms with E-state index in [1.807, 2.05) is 67.9 Å². The number of nitrogens with one attached hydrogen (secondary N) is 2. The van der Waals surface area contributed by atoms with Crippen LogP contribution in [-0.4, -0.2) is 44.8 Å². The van der Waals surface area contributed by atoms with Crippen LogP contribution in [0.15, 0.2) is 66.3 Å². The summed E-state index contributed by atoms with van der Waals surface area (Å²) in [6.07, 6.45) is 6.44. The molecule has 0 amide bonds. The molecule has 2 aromatic heterocycles. The number of hydrogen-bond acceptors (Lipinski definition) is 5. The van der Waals surface area contributed by atoms with Gasteiger partial charge in [0.25, 0.3) is 0 Å². The number of benzene rings is 1. The summed E-state index contributed by atoms with van der Waals surface area (Å²) in [5, 5.41) is 17.0. The van der Waals surface area contributed by atoms with E-state index in [-0.39, 0.29) is 6.10 Å². The molecule has 3 N–H and O–H groups in total. The first-order valence-electron chi connectivity index (χ1n) is 10.4. The van der Waals surface area contributed by atoms with E-state index in [4.69, 9.17) is 4.74 Å². The van der Waals surface area contributed by atoms with Crippen molar-refractivity contribution >= 4 is 5.96 Å². The Morgan fingerprint density at radius 3 is 2.81 bits per heavy atom. The number of aliphatic hydroxyl groups is 1. The lowest BCUT2D eigenvalue weighted by molar-refractivity contribution is 0.179. The number of aliphatic imine (C=N–C) groups is 1. The lowest BCUT2D eigenvalue weighted by atomic mass is 10.1. The first-order valence-corrected chi connectivity index (χ1v) is 10.4. The van der Waals surface area contributed by atoms with E-state index in [2.05, 4.69) is 25.6 Å². The fourth-order valence-electron chi connectivity index (χ4n) is 2.99. The number of guanidine groups is 1. The number of pyridine rings is 1. The van der Waals surface area contributed by atoms with Crippen molar-refractivity contribution in [3.63, 3.8) is 0 Å². The van der Waals surface area contributed by atoms with E-state index in [9.17, 15) is 5.11 Å². The molecule has 0 aliphatic heterocycles. The second kappa shape index (κ2) is 11.1. The molecule has 0 bridgehead atoms. The van der Waals surface area contributed by atoms with Gasteiger partial charge in [-0.3, -0.25) is 4.57 Å². The van der Waals surface area contributed by atoms with Gasteiger partial charge in [-0.05, 0) is 56.2 Å². The highest BCUT2D eigenvalue weighted by Gasteiger charge is 2.10. The van der Waals surface area contributed by atoms with Crippen molar-refractivity contribution in [2.24, 2.45) is 4.99 Å². The van der Waals surface area contributed by atoms with Crippen molar-refractivity contribution in [2.75, 3.05) is 13.1 Å². The van der Waals surface area contributed by atoms with Crippen molar-refractivity contribution in [2.45, 2.75) is 39.5 Å². The zero-order valence-corrected chi connectivity index (χ0v) is 18.2. The standard InChI is InChI=1S/C23H30N6O2/c1-4-25-23(27-14-18-8-9-26-22(12-18)29-11-10-24-16-29)28-15-21(30)19-6-5-7-20(13-19)31-17(2)3/h5-13,16-17,21,30H,4,14-15H2,1-3H3,(H2,25,27,28). The number of aliphatic hydroxyl groups excluding tert-OH is 1. The Hall–Kier alpha value is -3.39. The van der Waals surface area contributed by atoms with E-state index in [0.717, 1.165) is 29.2 Å². The van der Waals surface area contributed by atoms with Crippen molar-refractivity contribution in [3.05, 3.63) is 72.4 Å². The molecule has 2 heterocycles. The monoisotopic (exact) mass is 422 g/mol. The van der Waals surface area contributed by atoms with Gasteiger partial charge >= 0.3 is 0 Å². The average Bonchev–Trinajstić information content (AvgIpc) is 3.30. The average molecular weight is 423 g/mol. The van der Waals surface area contributed by atoms with E-state index >= 15 is 0 Å². The molecule has 8 nitrogen and oxygen atoms in total. The molecule has 3 aromatic rings. The topological polar surface area (TPSA) is 96.6 Å². The molecule has 0 spiro atoms. The fraction of sp³-hybridized carbons (Fsp3) is 0.348. The third-order valence-corrected chi connectivity index (χ3v) is 4.42. The summed E-state index contributed by atoms with van der Waals surface area (Å²) in [5.74, 6) is 2.18. The normalized spacial score (nSPS) is 12.6. The van der Waals surface area contributed by atoms with Crippen molar-refractivity contribution in [3.8, 4) is 11.6 Å². The van der Waals surface area contributed by atoms with Gasteiger partial charge in [-0.1, -0.05) is 12.1 Å². The Kier molecular flexibility index (Phi) is 8.00. The first-order chi connectivity index (χ1) is 15.0. The molecule has 1 aromatic carbocycles. The number of rotatable bonds is 9. The zero-order chi connectivity index (χ0) is 22.1. The second-order valence-electron chi connectivity index (χ2n) is 7.32. The third kappa shape index (κ3) is 6.82. The molecular weight excluding hydrogens is 392 g/mol. The zero-order valence-electron chi connectivity index (χ0n) is 18.2. The van der Waals surface area contributed by atoms with Crippen LogP contribution in [0.1, 0.15) is 38.0 Å². The van der Waals surface area contributed by atoms with Crippen LogP contribution >= 0.6 is 0 Å². The Morgan fingerprint density at radius 1 is 1.19 bits per heavy atom. The predicted octanol–water partition coefficient (Wildman–Crippen LogP) is 2.84. The molecule has 0 fully saturated rings. The summed E-state index contributed by atoms with van der Waals surface area (Å²) >= 11 is 0. The van der Waals surface area contributed by atoms with Crippen LogP contribution in [0.5, 0.6) is 5.75 Å². The van der Waals surface area contributed by atoms with Crippen LogP contribution in [0.3, 0.4) is 0 Å². The molecule has 0 saturated carbocycles. The first kappa shape index (κ1) is 22.3. The van der Waals surface area contributed by atoms with Gasteiger partial charge < -0.3 is 20.5 Å². The Balaban J connectivity index is 1.62. The Bertz CT molecular complexity index is 972. The van der Waals surface area contributed by atoms with Gasteiger partial charge in [0.15, 0.2) is 5.96 Å². The van der Waals surface area contributed by atoms with Crippen molar-refractivity contribution in [1.29, 1.82) is 0 Å². The van der Waals surface area contributed by atoms with Crippen molar-refractivity contribution < 1.29 is 9.84 Å². The molecule has 1 atom stereocenters. The van der Waals surface area contributed by atoms with Gasteiger partial charge in [0.2, 0.25) is 0 Å². The maximum atomic E-state index is 10.6. The summed E-state index contributed by atoms with van der Waals surface area (Å²) in [5.41, 5.74) is 1.82. The molecular formula is C23H30N6O2. The van der Waals surface area contributed by atoms with Gasteiger partial charge in [-0.2, -0.15) is 0 Å². The highest BCUT2D eigenvalue weighted by Crippen LogP contribution is 2.20. The van der Waals surface area contributed by atoms with Crippen LogP contribution in [0, 0.1) is 0 Å². The van der Waals surface area contributed by atoms with Crippen molar-refractivity contribution in [1.82, 2.24) is 25.2 Å². The summed E-state index contributed by atoms with van der Waals surface area (Å²) in [6, 6.07) is 11.4. The fourth-order valence-corrected chi connectivity index (χ4v) is 2.99. The maximum absolute atomic E-state index is 10.6. The van der Waals surface area contributed by atoms with E-state index in [0.29, 0.717) is 19.0 Å². The maximum Gasteiger partial charge on any atom is 0.191 e. The number of hydrogen-bond donors (Lipinski definition) is 3. The minimum atomic E-state index is -0.687. The molecule has 3 rings (SSSR count). The lowest BCUT2D eigenvalue weighted by Gasteiger charge is -2.17. The highest BCUT2D eigenvalue weighted by atomic mass is 16.5. The minimum Gasteiger partial charge on any atom is -0.491 e. The van der Waals surface area contributed by atoms with Gasteiger partial charge in [-0.15, -0.1) is 0 Å². The summed E-state index contributed by atoms with van der Waals surface area (Å²) < 4.78 is 7.57. The third-order valence-electron chi connectivity index (χ3n) is 4.42. The van der Waals surface area contributed by atoms with Crippen LogP contribution in [0.25, 0.3) is 5.82 Å². The minimum absolute atomic E-state index is 0.0838. The van der Waals surface area contributed by atoms with Gasteiger partial charge in [0.05, 0.1) is 18.8 Å². The number of imidazole rings is 1. The van der Waals surface area contributed by atoms with Crippen LogP contribution in [0.2, 0.25) is 0 Å². The number of ether oxygens (including phenoxy) is 1. The quantitative estimate of drug-likeness (QED) is 0.362. The summed E-state index contributed by atoms with van der Waals surface area (Å²) in [7, 11) is 0. The number of nitrogens with zero attached hydrogens (tertiary/aromatic N) is 4.